The summed E-state index contributed by atoms with van der Waals surface area (Å²) in [5.74, 6) is -0.879. The van der Waals surface area contributed by atoms with E-state index >= 15 is 0 Å². The van der Waals surface area contributed by atoms with Crippen LogP contribution in [0.2, 0.25) is 0 Å². The number of hydrogen-bond donors (Lipinski definition) is 0. The number of piperidine rings is 1. The van der Waals surface area contributed by atoms with Gasteiger partial charge >= 0.3 is 5.97 Å². The van der Waals surface area contributed by atoms with E-state index < -0.39 is 5.97 Å². The Bertz CT molecular complexity index is 906. The van der Waals surface area contributed by atoms with Gasteiger partial charge in [0.05, 0.1) is 5.39 Å². The molecule has 144 valence electrons. The first kappa shape index (κ1) is 19.1. The van der Waals surface area contributed by atoms with Crippen LogP contribution < -0.4 is 5.56 Å². The number of aryl methyl sites for hydroxylation is 1. The Morgan fingerprint density at radius 1 is 1.22 bits per heavy atom. The van der Waals surface area contributed by atoms with E-state index in [0.29, 0.717) is 30.3 Å². The molecular formula is C20H25N3O4. The third-order valence-corrected chi connectivity index (χ3v) is 4.95. The van der Waals surface area contributed by atoms with Crippen molar-refractivity contribution in [2.45, 2.75) is 52.1 Å². The molecule has 0 aliphatic carbocycles. The fourth-order valence-electron chi connectivity index (χ4n) is 3.50. The minimum Gasteiger partial charge on any atom is -0.451 e. The van der Waals surface area contributed by atoms with Crippen LogP contribution in [0.4, 0.5) is 0 Å². The van der Waals surface area contributed by atoms with Crippen molar-refractivity contribution >= 4 is 22.6 Å². The summed E-state index contributed by atoms with van der Waals surface area (Å²) >= 11 is 0. The Balaban J connectivity index is 1.82. The molecule has 1 unspecified atom stereocenters. The van der Waals surface area contributed by atoms with E-state index in [1.54, 1.807) is 29.2 Å². The third-order valence-electron chi connectivity index (χ3n) is 4.95. The predicted molar refractivity (Wildman–Crippen MR) is 102 cm³/mol. The summed E-state index contributed by atoms with van der Waals surface area (Å²) < 4.78 is 6.55. The Morgan fingerprint density at radius 2 is 1.96 bits per heavy atom. The van der Waals surface area contributed by atoms with Crippen molar-refractivity contribution in [3.63, 3.8) is 0 Å². The van der Waals surface area contributed by atoms with Gasteiger partial charge in [0.25, 0.3) is 11.5 Å². The van der Waals surface area contributed by atoms with Crippen molar-refractivity contribution in [1.29, 1.82) is 0 Å². The summed E-state index contributed by atoms with van der Waals surface area (Å²) in [6, 6.07) is 6.99. The highest BCUT2D eigenvalue weighted by Crippen LogP contribution is 2.17. The number of carbonyl (C=O) groups excluding carboxylic acids is 2. The second-order valence-electron chi connectivity index (χ2n) is 6.93. The zero-order valence-corrected chi connectivity index (χ0v) is 15.8. The number of carbonyl (C=O) groups is 2. The van der Waals surface area contributed by atoms with E-state index in [1.165, 1.54) is 4.68 Å². The Hall–Kier alpha value is -2.70. The van der Waals surface area contributed by atoms with Crippen LogP contribution in [0.15, 0.2) is 29.1 Å². The molecule has 1 aliphatic rings. The van der Waals surface area contributed by atoms with E-state index in [2.05, 4.69) is 5.10 Å². The highest BCUT2D eigenvalue weighted by molar-refractivity contribution is 6.02. The fourth-order valence-corrected chi connectivity index (χ4v) is 3.50. The van der Waals surface area contributed by atoms with Crippen molar-refractivity contribution < 1.29 is 14.3 Å². The van der Waals surface area contributed by atoms with E-state index in [4.69, 9.17) is 4.74 Å². The maximum Gasteiger partial charge on any atom is 0.359 e. The van der Waals surface area contributed by atoms with E-state index in [9.17, 15) is 14.4 Å². The monoisotopic (exact) mass is 371 g/mol. The molecule has 1 aliphatic heterocycles. The van der Waals surface area contributed by atoms with Gasteiger partial charge in [-0.05, 0) is 38.7 Å². The number of benzene rings is 1. The van der Waals surface area contributed by atoms with Crippen LogP contribution in [0.1, 0.15) is 50.0 Å². The Kier molecular flexibility index (Phi) is 5.88. The number of hydrogen-bond acceptors (Lipinski definition) is 5. The maximum absolute atomic E-state index is 12.6. The molecule has 2 heterocycles. The number of likely N-dealkylation sites (tertiary alicyclic amines) is 1. The number of amides is 1. The van der Waals surface area contributed by atoms with Crippen LogP contribution >= 0.6 is 0 Å². The molecule has 1 fully saturated rings. The van der Waals surface area contributed by atoms with Crippen LogP contribution in [0.25, 0.3) is 10.8 Å². The molecule has 7 nitrogen and oxygen atoms in total. The smallest absolute Gasteiger partial charge is 0.359 e. The molecule has 0 spiro atoms. The predicted octanol–water partition coefficient (Wildman–Crippen LogP) is 2.36. The molecule has 1 amide bonds. The van der Waals surface area contributed by atoms with Crippen molar-refractivity contribution in [2.75, 3.05) is 13.2 Å². The van der Waals surface area contributed by atoms with E-state index in [0.717, 1.165) is 19.3 Å². The third kappa shape index (κ3) is 4.02. The fraction of sp³-hybridized carbons (Fsp3) is 0.500. The lowest BCUT2D eigenvalue weighted by atomic mass is 10.0. The number of aromatic nitrogens is 2. The number of fused-ring (bicyclic) bond motifs is 1. The highest BCUT2D eigenvalue weighted by Gasteiger charge is 2.25. The van der Waals surface area contributed by atoms with Gasteiger partial charge in [-0.1, -0.05) is 25.1 Å². The number of esters is 1. The molecule has 3 rings (SSSR count). The number of rotatable bonds is 5. The summed E-state index contributed by atoms with van der Waals surface area (Å²) in [4.78, 5) is 39.3. The zero-order valence-electron chi connectivity index (χ0n) is 15.8. The van der Waals surface area contributed by atoms with Crippen molar-refractivity contribution in [2.24, 2.45) is 0 Å². The van der Waals surface area contributed by atoms with E-state index in [1.807, 2.05) is 13.8 Å². The SMILES string of the molecule is CCCn1nc(C(=O)OCC(=O)N2CCCCC2C)c2ccccc2c1=O. The zero-order chi connectivity index (χ0) is 19.4. The molecule has 7 heteroatoms. The molecule has 0 bridgehead atoms. The first-order valence-corrected chi connectivity index (χ1v) is 9.49. The Morgan fingerprint density at radius 3 is 2.67 bits per heavy atom. The molecule has 0 saturated carbocycles. The largest absolute Gasteiger partial charge is 0.451 e. The van der Waals surface area contributed by atoms with Crippen LogP contribution in [0.5, 0.6) is 0 Å². The average molecular weight is 371 g/mol. The average Bonchev–Trinajstić information content (AvgIpc) is 2.68. The molecule has 27 heavy (non-hydrogen) atoms. The lowest BCUT2D eigenvalue weighted by molar-refractivity contribution is -0.137. The number of ether oxygens (including phenoxy) is 1. The summed E-state index contributed by atoms with van der Waals surface area (Å²) in [5, 5.41) is 5.06. The van der Waals surface area contributed by atoms with Crippen LogP contribution in [0, 0.1) is 0 Å². The molecule has 0 N–H and O–H groups in total. The van der Waals surface area contributed by atoms with Crippen LogP contribution in [-0.4, -0.2) is 45.8 Å². The van der Waals surface area contributed by atoms with Gasteiger partial charge in [-0.15, -0.1) is 0 Å². The molecule has 1 aromatic carbocycles. The van der Waals surface area contributed by atoms with E-state index in [-0.39, 0.29) is 29.8 Å². The number of nitrogens with zero attached hydrogens (tertiary/aromatic N) is 3. The highest BCUT2D eigenvalue weighted by atomic mass is 16.5. The molecule has 2 aromatic rings. The van der Waals surface area contributed by atoms with Crippen LogP contribution in [0.3, 0.4) is 0 Å². The van der Waals surface area contributed by atoms with Gasteiger partial charge in [0.15, 0.2) is 12.3 Å². The quantitative estimate of drug-likeness (QED) is 0.754. The van der Waals surface area contributed by atoms with Gasteiger partial charge in [0.1, 0.15) is 0 Å². The lowest BCUT2D eigenvalue weighted by Gasteiger charge is -2.33. The molecule has 0 radical (unpaired) electrons. The second-order valence-corrected chi connectivity index (χ2v) is 6.93. The summed E-state index contributed by atoms with van der Waals surface area (Å²) in [6.07, 6.45) is 3.76. The maximum atomic E-state index is 12.6. The van der Waals surface area contributed by atoms with Gasteiger partial charge in [-0.3, -0.25) is 9.59 Å². The minimum absolute atomic E-state index is 0.0677. The summed E-state index contributed by atoms with van der Waals surface area (Å²) in [5.41, 5.74) is -0.166. The Labute approximate surface area is 157 Å². The second kappa shape index (κ2) is 8.33. The van der Waals surface area contributed by atoms with Crippen LogP contribution in [-0.2, 0) is 16.1 Å². The minimum atomic E-state index is -0.686. The molecular weight excluding hydrogens is 346 g/mol. The first-order valence-electron chi connectivity index (χ1n) is 9.49. The van der Waals surface area contributed by atoms with Gasteiger partial charge < -0.3 is 9.64 Å². The summed E-state index contributed by atoms with van der Waals surface area (Å²) in [6.45, 7) is 4.73. The van der Waals surface area contributed by atoms with Gasteiger partial charge in [0.2, 0.25) is 0 Å². The summed E-state index contributed by atoms with van der Waals surface area (Å²) in [7, 11) is 0. The van der Waals surface area contributed by atoms with Crippen molar-refractivity contribution in [1.82, 2.24) is 14.7 Å². The van der Waals surface area contributed by atoms with Gasteiger partial charge in [0, 0.05) is 24.5 Å². The molecule has 1 atom stereocenters. The van der Waals surface area contributed by atoms with Gasteiger partial charge in [-0.2, -0.15) is 5.10 Å². The topological polar surface area (TPSA) is 81.5 Å². The first-order chi connectivity index (χ1) is 13.0. The van der Waals surface area contributed by atoms with Crippen molar-refractivity contribution in [3.05, 3.63) is 40.3 Å². The molecule has 1 aromatic heterocycles. The lowest BCUT2D eigenvalue weighted by Crippen LogP contribution is -2.44. The standard InChI is InChI=1S/C20H25N3O4/c1-3-11-23-19(25)16-10-5-4-9-15(16)18(21-23)20(26)27-13-17(24)22-12-7-6-8-14(22)2/h4-5,9-10,14H,3,6-8,11-13H2,1-2H3. The molecule has 1 saturated heterocycles. The van der Waals surface area contributed by atoms with Crippen molar-refractivity contribution in [3.8, 4) is 0 Å². The van der Waals surface area contributed by atoms with Gasteiger partial charge in [-0.25, -0.2) is 9.48 Å². The normalized spacial score (nSPS) is 17.1.